The second kappa shape index (κ2) is 10.6. The van der Waals surface area contributed by atoms with E-state index in [0.717, 1.165) is 32.4 Å². The fourth-order valence-electron chi connectivity index (χ4n) is 2.94. The van der Waals surface area contributed by atoms with Crippen LogP contribution in [0.25, 0.3) is 0 Å². The molecule has 2 rings (SSSR count). The first-order valence-electron chi connectivity index (χ1n) is 8.30. The Morgan fingerprint density at radius 1 is 1.30 bits per heavy atom. The molecule has 2 unspecified atom stereocenters. The van der Waals surface area contributed by atoms with Crippen molar-refractivity contribution < 1.29 is 9.53 Å². The molecule has 1 amide bonds. The number of nitrogens with one attached hydrogen (secondary N) is 2. The lowest BCUT2D eigenvalue weighted by Gasteiger charge is -2.32. The largest absolute Gasteiger partial charge is 0.373 e. The molecule has 1 aliphatic heterocycles. The van der Waals surface area contributed by atoms with E-state index in [-0.39, 0.29) is 24.4 Å². The molecule has 1 aromatic carbocycles. The normalized spacial score (nSPS) is 20.6. The molecule has 5 heteroatoms. The molecule has 130 valence electrons. The van der Waals surface area contributed by atoms with Gasteiger partial charge in [-0.2, -0.15) is 0 Å². The van der Waals surface area contributed by atoms with Crippen LogP contribution in [0.3, 0.4) is 0 Å². The highest BCUT2D eigenvalue weighted by molar-refractivity contribution is 5.85. The summed E-state index contributed by atoms with van der Waals surface area (Å²) < 4.78 is 5.99. The van der Waals surface area contributed by atoms with Crippen molar-refractivity contribution in [2.45, 2.75) is 38.7 Å². The van der Waals surface area contributed by atoms with Crippen LogP contribution >= 0.6 is 12.4 Å². The van der Waals surface area contributed by atoms with Crippen LogP contribution in [0.15, 0.2) is 24.3 Å². The van der Waals surface area contributed by atoms with E-state index in [2.05, 4.69) is 41.8 Å². The molecule has 0 aromatic heterocycles. The molecular formula is C18H29ClN2O2. The van der Waals surface area contributed by atoms with Crippen molar-refractivity contribution in [3.8, 4) is 0 Å². The Kier molecular flexibility index (Phi) is 9.22. The topological polar surface area (TPSA) is 50.4 Å². The maximum Gasteiger partial charge on any atom is 0.220 e. The lowest BCUT2D eigenvalue weighted by atomic mass is 9.89. The standard InChI is InChI=1S/C18H28N2O2.ClH/c1-14-7-9-15(10-8-14)18-16(5-4-12-22-18)13-20-17(21)6-3-11-19-2;/h7-10,16,18-19H,3-6,11-13H2,1-2H3,(H,20,21);1H. The summed E-state index contributed by atoms with van der Waals surface area (Å²) in [5.74, 6) is 0.508. The van der Waals surface area contributed by atoms with Crippen LogP contribution in [0.1, 0.15) is 42.9 Å². The Morgan fingerprint density at radius 2 is 2.04 bits per heavy atom. The van der Waals surface area contributed by atoms with Gasteiger partial charge >= 0.3 is 0 Å². The zero-order valence-corrected chi connectivity index (χ0v) is 15.0. The van der Waals surface area contributed by atoms with Crippen molar-refractivity contribution in [1.29, 1.82) is 0 Å². The first kappa shape index (κ1) is 19.9. The zero-order valence-electron chi connectivity index (χ0n) is 14.1. The smallest absolute Gasteiger partial charge is 0.220 e. The molecule has 4 nitrogen and oxygen atoms in total. The molecule has 1 fully saturated rings. The fourth-order valence-corrected chi connectivity index (χ4v) is 2.94. The van der Waals surface area contributed by atoms with Crippen LogP contribution < -0.4 is 10.6 Å². The number of aryl methyl sites for hydroxylation is 1. The molecule has 0 radical (unpaired) electrons. The monoisotopic (exact) mass is 340 g/mol. The van der Waals surface area contributed by atoms with E-state index in [1.165, 1.54) is 11.1 Å². The number of ether oxygens (including phenoxy) is 1. The van der Waals surface area contributed by atoms with Crippen molar-refractivity contribution in [3.63, 3.8) is 0 Å². The molecule has 2 N–H and O–H groups in total. The second-order valence-electron chi connectivity index (χ2n) is 6.12. The fraction of sp³-hybridized carbons (Fsp3) is 0.611. The van der Waals surface area contributed by atoms with Crippen LogP contribution in [0.5, 0.6) is 0 Å². The van der Waals surface area contributed by atoms with Crippen LogP contribution in [0.4, 0.5) is 0 Å². The number of amides is 1. The van der Waals surface area contributed by atoms with Gasteiger partial charge < -0.3 is 15.4 Å². The Hall–Kier alpha value is -1.10. The molecule has 1 heterocycles. The molecule has 0 saturated carbocycles. The summed E-state index contributed by atoms with van der Waals surface area (Å²) in [6.07, 6.45) is 3.75. The van der Waals surface area contributed by atoms with Crippen molar-refractivity contribution in [2.75, 3.05) is 26.7 Å². The molecule has 2 atom stereocenters. The summed E-state index contributed by atoms with van der Waals surface area (Å²) in [4.78, 5) is 11.9. The zero-order chi connectivity index (χ0) is 15.8. The number of rotatable bonds is 7. The van der Waals surface area contributed by atoms with Gasteiger partial charge in [-0.1, -0.05) is 29.8 Å². The van der Waals surface area contributed by atoms with Gasteiger partial charge in [-0.05, 0) is 45.3 Å². The maximum atomic E-state index is 11.9. The third kappa shape index (κ3) is 6.50. The first-order valence-corrected chi connectivity index (χ1v) is 8.30. The van der Waals surface area contributed by atoms with Gasteiger partial charge in [-0.3, -0.25) is 4.79 Å². The van der Waals surface area contributed by atoms with Gasteiger partial charge in [0.05, 0.1) is 6.10 Å². The molecule has 0 aliphatic carbocycles. The Labute approximate surface area is 145 Å². The van der Waals surface area contributed by atoms with Gasteiger partial charge in [0.2, 0.25) is 5.91 Å². The SMILES string of the molecule is CNCCCC(=O)NCC1CCCOC1c1ccc(C)cc1.Cl. The molecule has 0 bridgehead atoms. The van der Waals surface area contributed by atoms with Gasteiger partial charge in [0.25, 0.3) is 0 Å². The molecule has 1 aromatic rings. The third-order valence-corrected chi connectivity index (χ3v) is 4.24. The van der Waals surface area contributed by atoms with E-state index < -0.39 is 0 Å². The maximum absolute atomic E-state index is 11.9. The average molecular weight is 341 g/mol. The minimum atomic E-state index is 0. The highest BCUT2D eigenvalue weighted by Gasteiger charge is 2.27. The highest BCUT2D eigenvalue weighted by atomic mass is 35.5. The van der Waals surface area contributed by atoms with E-state index >= 15 is 0 Å². The van der Waals surface area contributed by atoms with E-state index in [9.17, 15) is 4.79 Å². The molecule has 1 aliphatic rings. The van der Waals surface area contributed by atoms with E-state index in [1.54, 1.807) is 0 Å². The van der Waals surface area contributed by atoms with Crippen molar-refractivity contribution in [3.05, 3.63) is 35.4 Å². The first-order chi connectivity index (χ1) is 10.7. The van der Waals surface area contributed by atoms with E-state index in [4.69, 9.17) is 4.74 Å². The number of benzene rings is 1. The predicted octanol–water partition coefficient (Wildman–Crippen LogP) is 3.00. The van der Waals surface area contributed by atoms with Crippen LogP contribution in [-0.4, -0.2) is 32.7 Å². The van der Waals surface area contributed by atoms with Crippen molar-refractivity contribution in [2.24, 2.45) is 5.92 Å². The van der Waals surface area contributed by atoms with E-state index in [1.807, 2.05) is 7.05 Å². The summed E-state index contributed by atoms with van der Waals surface area (Å²) >= 11 is 0. The second-order valence-corrected chi connectivity index (χ2v) is 6.12. The van der Waals surface area contributed by atoms with E-state index in [0.29, 0.717) is 18.9 Å². The average Bonchev–Trinajstić information content (AvgIpc) is 2.54. The summed E-state index contributed by atoms with van der Waals surface area (Å²) in [7, 11) is 1.91. The Morgan fingerprint density at radius 3 is 2.74 bits per heavy atom. The number of hydrogen-bond acceptors (Lipinski definition) is 3. The van der Waals surface area contributed by atoms with Crippen molar-refractivity contribution in [1.82, 2.24) is 10.6 Å². The Bertz CT molecular complexity index is 465. The summed E-state index contributed by atoms with van der Waals surface area (Å²) in [6, 6.07) is 8.54. The molecule has 0 spiro atoms. The van der Waals surface area contributed by atoms with Gasteiger partial charge in [0, 0.05) is 25.5 Å². The van der Waals surface area contributed by atoms with Gasteiger partial charge in [-0.25, -0.2) is 0 Å². The minimum Gasteiger partial charge on any atom is -0.373 e. The van der Waals surface area contributed by atoms with Gasteiger partial charge in [0.15, 0.2) is 0 Å². The van der Waals surface area contributed by atoms with Crippen LogP contribution in [0.2, 0.25) is 0 Å². The molecule has 1 saturated heterocycles. The van der Waals surface area contributed by atoms with Crippen molar-refractivity contribution >= 4 is 18.3 Å². The number of halogens is 1. The summed E-state index contributed by atoms with van der Waals surface area (Å²) in [5, 5.41) is 6.14. The highest BCUT2D eigenvalue weighted by Crippen LogP contribution is 2.33. The number of hydrogen-bond donors (Lipinski definition) is 2. The number of carbonyl (C=O) groups excluding carboxylic acids is 1. The van der Waals surface area contributed by atoms with Crippen LogP contribution in [-0.2, 0) is 9.53 Å². The molecular weight excluding hydrogens is 312 g/mol. The number of carbonyl (C=O) groups is 1. The molecule has 23 heavy (non-hydrogen) atoms. The predicted molar refractivity (Wildman–Crippen MR) is 96.0 cm³/mol. The summed E-state index contributed by atoms with van der Waals surface area (Å²) in [6.45, 7) is 4.49. The minimum absolute atomic E-state index is 0. The lowest BCUT2D eigenvalue weighted by Crippen LogP contribution is -2.35. The van der Waals surface area contributed by atoms with Gasteiger partial charge in [0.1, 0.15) is 0 Å². The summed E-state index contributed by atoms with van der Waals surface area (Å²) in [5.41, 5.74) is 2.48. The third-order valence-electron chi connectivity index (χ3n) is 4.24. The van der Waals surface area contributed by atoms with Crippen LogP contribution in [0, 0.1) is 12.8 Å². The quantitative estimate of drug-likeness (QED) is 0.750. The van der Waals surface area contributed by atoms with Gasteiger partial charge in [-0.15, -0.1) is 12.4 Å². The Balaban J connectivity index is 0.00000264. The lowest BCUT2D eigenvalue weighted by molar-refractivity contribution is -0.122.